The molecule has 35 heavy (non-hydrogen) atoms. The van der Waals surface area contributed by atoms with Crippen LogP contribution in [0.1, 0.15) is 16.8 Å². The summed E-state index contributed by atoms with van der Waals surface area (Å²) in [4.78, 5) is 51.8. The maximum Gasteiger partial charge on any atom is 0.338 e. The third-order valence-electron chi connectivity index (χ3n) is 6.89. The van der Waals surface area contributed by atoms with Crippen molar-refractivity contribution in [3.63, 3.8) is 0 Å². The van der Waals surface area contributed by atoms with Crippen molar-refractivity contribution in [3.05, 3.63) is 57.5 Å². The molecule has 182 valence electrons. The molecule has 2 saturated carbocycles. The zero-order valence-electron chi connectivity index (χ0n) is 17.9. The third-order valence-corrected chi connectivity index (χ3v) is 9.44. The molecule has 0 unspecified atom stereocenters. The van der Waals surface area contributed by atoms with Gasteiger partial charge in [0.15, 0.2) is 6.61 Å². The van der Waals surface area contributed by atoms with E-state index in [0.29, 0.717) is 27.3 Å². The predicted octanol–water partition coefficient (Wildman–Crippen LogP) is 4.87. The van der Waals surface area contributed by atoms with Crippen LogP contribution in [-0.2, 0) is 19.1 Å². The van der Waals surface area contributed by atoms with E-state index in [1.807, 2.05) is 0 Å². The molecule has 0 radical (unpaired) electrons. The molecule has 1 heterocycles. The number of halogens is 4. The first-order chi connectivity index (χ1) is 16.7. The summed E-state index contributed by atoms with van der Waals surface area (Å²) >= 11 is 22.1. The Labute approximate surface area is 224 Å². The molecule has 0 aromatic heterocycles. The fourth-order valence-corrected chi connectivity index (χ4v) is 6.66. The Morgan fingerprint density at radius 3 is 2.17 bits per heavy atom. The van der Waals surface area contributed by atoms with E-state index in [1.165, 1.54) is 29.2 Å². The van der Waals surface area contributed by atoms with Crippen molar-refractivity contribution < 1.29 is 23.9 Å². The van der Waals surface area contributed by atoms with Gasteiger partial charge in [-0.2, -0.15) is 0 Å². The molecule has 2 aliphatic carbocycles. The Morgan fingerprint density at radius 2 is 1.60 bits per heavy atom. The lowest BCUT2D eigenvalue weighted by Gasteiger charge is -2.28. The number of fused-ring (bicyclic) bond motifs is 5. The molecule has 2 aromatic carbocycles. The van der Waals surface area contributed by atoms with Crippen LogP contribution in [-0.4, -0.2) is 41.1 Å². The highest BCUT2D eigenvalue weighted by molar-refractivity contribution is 9.10. The molecule has 2 aromatic rings. The normalized spacial score (nSPS) is 28.9. The molecule has 1 saturated heterocycles. The van der Waals surface area contributed by atoms with Gasteiger partial charge in [-0.05, 0) is 76.7 Å². The Morgan fingerprint density at radius 1 is 1.00 bits per heavy atom. The van der Waals surface area contributed by atoms with Crippen LogP contribution in [0.5, 0.6) is 0 Å². The van der Waals surface area contributed by atoms with Crippen LogP contribution < -0.4 is 10.2 Å². The van der Waals surface area contributed by atoms with Crippen molar-refractivity contribution in [1.29, 1.82) is 0 Å². The highest BCUT2D eigenvalue weighted by Gasteiger charge is 2.66. The second-order valence-corrected chi connectivity index (χ2v) is 11.1. The summed E-state index contributed by atoms with van der Waals surface area (Å²) in [7, 11) is 0. The average Bonchev–Trinajstić information content (AvgIpc) is 3.45. The monoisotopic (exact) mass is 598 g/mol. The highest BCUT2D eigenvalue weighted by atomic mass is 79.9. The van der Waals surface area contributed by atoms with E-state index in [9.17, 15) is 19.2 Å². The average molecular weight is 601 g/mol. The number of carbonyl (C=O) groups excluding carboxylic acids is 4. The van der Waals surface area contributed by atoms with E-state index in [4.69, 9.17) is 39.5 Å². The predicted molar refractivity (Wildman–Crippen MR) is 135 cm³/mol. The van der Waals surface area contributed by atoms with Gasteiger partial charge in [-0.15, -0.1) is 23.2 Å². The number of benzene rings is 2. The number of alkyl halides is 2. The Balaban J connectivity index is 1.21. The molecular weight excluding hydrogens is 583 g/mol. The molecule has 1 aliphatic heterocycles. The SMILES string of the molecule is O=C(COC(=O)c1ccc(N2C(=O)[C@@H]3[C@H]4C[C@@H]([C@@H](Cl)[C@H]4Cl)[C@H]3C2=O)cc1)Nc1ccc(Br)c(Cl)c1. The number of amides is 3. The molecule has 7 nitrogen and oxygen atoms in total. The van der Waals surface area contributed by atoms with Crippen LogP contribution in [0, 0.1) is 23.7 Å². The van der Waals surface area contributed by atoms with Gasteiger partial charge in [-0.1, -0.05) is 11.6 Å². The quantitative estimate of drug-likeness (QED) is 0.301. The molecule has 3 amide bonds. The first-order valence-corrected chi connectivity index (χ1v) is 12.9. The van der Waals surface area contributed by atoms with Gasteiger partial charge in [0, 0.05) is 10.2 Å². The number of nitrogens with zero attached hydrogens (tertiary/aromatic N) is 1. The van der Waals surface area contributed by atoms with Gasteiger partial charge in [0.2, 0.25) is 11.8 Å². The number of imide groups is 1. The van der Waals surface area contributed by atoms with E-state index < -0.39 is 30.3 Å². The van der Waals surface area contributed by atoms with Crippen molar-refractivity contribution in [2.45, 2.75) is 17.2 Å². The molecule has 6 atom stereocenters. The van der Waals surface area contributed by atoms with Crippen LogP contribution in [0.4, 0.5) is 11.4 Å². The largest absolute Gasteiger partial charge is 0.452 e. The summed E-state index contributed by atoms with van der Waals surface area (Å²) < 4.78 is 5.76. The number of ether oxygens (including phenoxy) is 1. The van der Waals surface area contributed by atoms with Crippen molar-refractivity contribution in [2.24, 2.45) is 23.7 Å². The Hall–Kier alpha value is -2.13. The molecule has 5 rings (SSSR count). The summed E-state index contributed by atoms with van der Waals surface area (Å²) in [6, 6.07) is 10.8. The van der Waals surface area contributed by atoms with Gasteiger partial charge < -0.3 is 10.1 Å². The lowest BCUT2D eigenvalue weighted by Crippen LogP contribution is -2.37. The van der Waals surface area contributed by atoms with E-state index >= 15 is 0 Å². The molecule has 3 fully saturated rings. The fraction of sp³-hybridized carbons (Fsp3) is 0.333. The van der Waals surface area contributed by atoms with E-state index in [-0.39, 0.29) is 40.0 Å². The van der Waals surface area contributed by atoms with Crippen molar-refractivity contribution >= 4 is 85.8 Å². The fourth-order valence-electron chi connectivity index (χ4n) is 5.34. The lowest BCUT2D eigenvalue weighted by atomic mass is 9.80. The van der Waals surface area contributed by atoms with Gasteiger partial charge in [0.25, 0.3) is 5.91 Å². The third kappa shape index (κ3) is 4.24. The van der Waals surface area contributed by atoms with Gasteiger partial charge in [-0.3, -0.25) is 19.3 Å². The van der Waals surface area contributed by atoms with E-state index in [0.717, 1.165) is 0 Å². The summed E-state index contributed by atoms with van der Waals surface area (Å²) in [5, 5.41) is 2.37. The second-order valence-electron chi connectivity index (χ2n) is 8.82. The molecule has 11 heteroatoms. The standard InChI is InChI=1S/C24H18BrCl3N2O5/c25-15-6-3-11(7-16(15)26)29-17(31)9-35-24(34)10-1-4-12(5-2-10)30-22(32)18-13-8-14(19(18)23(30)33)21(28)20(13)27/h1-7,13-14,18-21H,8-9H2,(H,29,31)/t13-,14-,18-,19-,20-,21+/m1/s1. The maximum atomic E-state index is 13.1. The summed E-state index contributed by atoms with van der Waals surface area (Å²) in [6.07, 6.45) is 0.691. The van der Waals surface area contributed by atoms with E-state index in [2.05, 4.69) is 21.2 Å². The number of hydrogen-bond donors (Lipinski definition) is 1. The second kappa shape index (κ2) is 9.39. The molecule has 1 N–H and O–H groups in total. The number of anilines is 2. The Kier molecular flexibility index (Phi) is 6.59. The van der Waals surface area contributed by atoms with Crippen molar-refractivity contribution in [3.8, 4) is 0 Å². The first kappa shape index (κ1) is 24.6. The molecule has 0 spiro atoms. The van der Waals surface area contributed by atoms with Gasteiger partial charge >= 0.3 is 5.97 Å². The van der Waals surface area contributed by atoms with Gasteiger partial charge in [-0.25, -0.2) is 4.79 Å². The minimum Gasteiger partial charge on any atom is -0.452 e. The summed E-state index contributed by atoms with van der Waals surface area (Å²) in [6.45, 7) is -0.497. The number of nitrogens with one attached hydrogen (secondary N) is 1. The number of esters is 1. The van der Waals surface area contributed by atoms with Gasteiger partial charge in [0.1, 0.15) is 0 Å². The van der Waals surface area contributed by atoms with Crippen LogP contribution in [0.15, 0.2) is 46.9 Å². The van der Waals surface area contributed by atoms with Crippen LogP contribution in [0.2, 0.25) is 5.02 Å². The lowest BCUT2D eigenvalue weighted by molar-refractivity contribution is -0.123. The number of carbonyl (C=O) groups is 4. The minimum atomic E-state index is -0.718. The van der Waals surface area contributed by atoms with Crippen molar-refractivity contribution in [1.82, 2.24) is 0 Å². The van der Waals surface area contributed by atoms with Crippen LogP contribution in [0.3, 0.4) is 0 Å². The van der Waals surface area contributed by atoms with Crippen LogP contribution in [0.25, 0.3) is 0 Å². The number of hydrogen-bond acceptors (Lipinski definition) is 5. The Bertz CT molecular complexity index is 1210. The smallest absolute Gasteiger partial charge is 0.338 e. The van der Waals surface area contributed by atoms with E-state index in [1.54, 1.807) is 18.2 Å². The van der Waals surface area contributed by atoms with Gasteiger partial charge in [0.05, 0.1) is 38.9 Å². The molecule has 2 bridgehead atoms. The zero-order valence-corrected chi connectivity index (χ0v) is 21.8. The summed E-state index contributed by atoms with van der Waals surface area (Å²) in [5.41, 5.74) is 1.00. The molecular formula is C24H18BrCl3N2O5. The summed E-state index contributed by atoms with van der Waals surface area (Å²) in [5.74, 6) is -2.91. The maximum absolute atomic E-state index is 13.1. The minimum absolute atomic E-state index is 0.107. The zero-order chi connectivity index (χ0) is 25.0. The first-order valence-electron chi connectivity index (χ1n) is 10.9. The van der Waals surface area contributed by atoms with Crippen LogP contribution >= 0.6 is 50.7 Å². The van der Waals surface area contributed by atoms with Crippen molar-refractivity contribution in [2.75, 3.05) is 16.8 Å². The number of rotatable bonds is 5. The topological polar surface area (TPSA) is 92.8 Å². The molecule has 3 aliphatic rings. The highest BCUT2D eigenvalue weighted by Crippen LogP contribution is 2.59.